The molecule has 3 rings (SSSR count). The maximum Gasteiger partial charge on any atom is 0.174 e. The Morgan fingerprint density at radius 1 is 1.23 bits per heavy atom. The lowest BCUT2D eigenvalue weighted by molar-refractivity contribution is 1.15. The molecule has 0 radical (unpaired) electrons. The van der Waals surface area contributed by atoms with Crippen LogP contribution in [-0.2, 0) is 0 Å². The first-order valence-electron chi connectivity index (χ1n) is 3.88. The van der Waals surface area contributed by atoms with Crippen molar-refractivity contribution in [2.75, 3.05) is 0 Å². The molecule has 2 aromatic heterocycles. The van der Waals surface area contributed by atoms with E-state index >= 15 is 0 Å². The quantitative estimate of drug-likeness (QED) is 0.685. The predicted molar refractivity (Wildman–Crippen MR) is 52.3 cm³/mol. The highest BCUT2D eigenvalue weighted by Gasteiger charge is 2.07. The summed E-state index contributed by atoms with van der Waals surface area (Å²) in [5.74, 6) is 0.765. The molecule has 62 valence electrons. The zero-order valence-electron chi connectivity index (χ0n) is 6.64. The van der Waals surface area contributed by atoms with Gasteiger partial charge in [0.1, 0.15) is 0 Å². The third-order valence-electron chi connectivity index (χ3n) is 1.90. The third kappa shape index (κ3) is 0.990. The third-order valence-corrected chi connectivity index (χ3v) is 2.65. The van der Waals surface area contributed by atoms with Gasteiger partial charge in [-0.25, -0.2) is 15.0 Å². The minimum Gasteiger partial charge on any atom is -0.235 e. The molecule has 0 bridgehead atoms. The van der Waals surface area contributed by atoms with E-state index < -0.39 is 0 Å². The van der Waals surface area contributed by atoms with Crippen LogP contribution in [0.2, 0.25) is 0 Å². The van der Waals surface area contributed by atoms with E-state index in [2.05, 4.69) is 15.0 Å². The highest BCUT2D eigenvalue weighted by Crippen LogP contribution is 2.21. The van der Waals surface area contributed by atoms with E-state index in [-0.39, 0.29) is 0 Å². The average Bonchev–Trinajstić information content (AvgIpc) is 2.47. The molecule has 0 unspecified atom stereocenters. The first kappa shape index (κ1) is 6.91. The zero-order valence-corrected chi connectivity index (χ0v) is 7.45. The molecule has 2 aromatic rings. The fourth-order valence-corrected chi connectivity index (χ4v) is 1.73. The molecule has 13 heavy (non-hydrogen) atoms. The Morgan fingerprint density at radius 2 is 2.15 bits per heavy atom. The number of hydrogen-bond donors (Lipinski definition) is 0. The summed E-state index contributed by atoms with van der Waals surface area (Å²) >= 11 is 1.56. The number of rotatable bonds is 1. The summed E-state index contributed by atoms with van der Waals surface area (Å²) in [6.45, 7) is 0. The maximum atomic E-state index is 4.33. The van der Waals surface area contributed by atoms with Crippen molar-refractivity contribution in [2.45, 2.75) is 0 Å². The van der Waals surface area contributed by atoms with E-state index in [1.54, 1.807) is 16.8 Å². The van der Waals surface area contributed by atoms with E-state index in [1.807, 2.05) is 24.4 Å². The Morgan fingerprint density at radius 3 is 2.92 bits per heavy atom. The number of thiazole rings is 1. The second-order valence-corrected chi connectivity index (χ2v) is 3.60. The molecule has 0 fully saturated rings. The second-order valence-electron chi connectivity index (χ2n) is 2.71. The number of allylic oxidation sites excluding steroid dienone is 4. The molecule has 0 aromatic carbocycles. The van der Waals surface area contributed by atoms with Crippen LogP contribution in [0.3, 0.4) is 0 Å². The Labute approximate surface area is 78.5 Å². The molecule has 0 aliphatic heterocycles. The molecule has 2 heterocycles. The van der Waals surface area contributed by atoms with Crippen molar-refractivity contribution in [1.82, 2.24) is 15.0 Å². The summed E-state index contributed by atoms with van der Waals surface area (Å²) in [6, 6.07) is 0. The smallest absolute Gasteiger partial charge is 0.174 e. The first-order valence-corrected chi connectivity index (χ1v) is 4.76. The van der Waals surface area contributed by atoms with Gasteiger partial charge < -0.3 is 0 Å². The van der Waals surface area contributed by atoms with Crippen LogP contribution >= 0.6 is 11.3 Å². The van der Waals surface area contributed by atoms with Crippen LogP contribution in [-0.4, -0.2) is 15.0 Å². The predicted octanol–water partition coefficient (Wildman–Crippen LogP) is 2.04. The van der Waals surface area contributed by atoms with Gasteiger partial charge in [-0.2, -0.15) is 0 Å². The molecular weight excluding hydrogens is 182 g/mol. The highest BCUT2D eigenvalue weighted by molar-refractivity contribution is 7.16. The zero-order chi connectivity index (χ0) is 8.67. The van der Waals surface area contributed by atoms with Crippen LogP contribution < -0.4 is 0 Å². The lowest BCUT2D eigenvalue weighted by atomic mass is 10.1. The van der Waals surface area contributed by atoms with Crippen LogP contribution in [0.1, 0.15) is 5.82 Å². The number of hydrogen-bond acceptors (Lipinski definition) is 4. The standard InChI is InChI=1S/C9H5N3S/c1-2-6(3-1)8-10-4-7-9(12-8)11-5-13-7/h1-5H. The van der Waals surface area contributed by atoms with Crippen molar-refractivity contribution in [3.63, 3.8) is 0 Å². The summed E-state index contributed by atoms with van der Waals surface area (Å²) in [7, 11) is 0. The molecule has 0 saturated heterocycles. The lowest BCUT2D eigenvalue weighted by Crippen LogP contribution is -1.94. The van der Waals surface area contributed by atoms with Crippen molar-refractivity contribution < 1.29 is 0 Å². The van der Waals surface area contributed by atoms with E-state index in [0.29, 0.717) is 0 Å². The van der Waals surface area contributed by atoms with E-state index in [0.717, 1.165) is 21.7 Å². The van der Waals surface area contributed by atoms with Crippen molar-refractivity contribution >= 4 is 27.3 Å². The summed E-state index contributed by atoms with van der Waals surface area (Å²) in [5, 5.41) is 0. The normalized spacial score (nSPS) is 14.3. The fourth-order valence-electron chi connectivity index (χ4n) is 1.15. The highest BCUT2D eigenvalue weighted by atomic mass is 32.1. The largest absolute Gasteiger partial charge is 0.235 e. The van der Waals surface area contributed by atoms with Crippen LogP contribution in [0.25, 0.3) is 15.9 Å². The van der Waals surface area contributed by atoms with Crippen LogP contribution in [0.5, 0.6) is 0 Å². The Hall–Kier alpha value is -1.55. The summed E-state index contributed by atoms with van der Waals surface area (Å²) < 4.78 is 1.03. The first-order chi connectivity index (χ1) is 6.43. The summed E-state index contributed by atoms with van der Waals surface area (Å²) in [5.41, 5.74) is 3.65. The Balaban J connectivity index is 2.20. The number of nitrogens with zero attached hydrogens (tertiary/aromatic N) is 3. The second kappa shape index (κ2) is 2.47. The van der Waals surface area contributed by atoms with Gasteiger partial charge in [0.2, 0.25) is 0 Å². The van der Waals surface area contributed by atoms with Crippen molar-refractivity contribution in [3.05, 3.63) is 35.8 Å². The molecule has 0 spiro atoms. The Bertz CT molecular complexity index is 524. The van der Waals surface area contributed by atoms with Gasteiger partial charge in [0, 0.05) is 5.57 Å². The molecule has 0 saturated carbocycles. The molecular formula is C9H5N3S. The summed E-state index contributed by atoms with van der Waals surface area (Å²) in [4.78, 5) is 12.7. The molecule has 1 aliphatic rings. The number of aromatic nitrogens is 3. The van der Waals surface area contributed by atoms with Crippen molar-refractivity contribution in [2.24, 2.45) is 0 Å². The van der Waals surface area contributed by atoms with Crippen LogP contribution in [0, 0.1) is 0 Å². The van der Waals surface area contributed by atoms with Gasteiger partial charge in [-0.3, -0.25) is 0 Å². The fraction of sp³-hybridized carbons (Fsp3) is 0. The van der Waals surface area contributed by atoms with Crippen molar-refractivity contribution in [3.8, 4) is 0 Å². The molecule has 0 amide bonds. The van der Waals surface area contributed by atoms with Gasteiger partial charge in [-0.15, -0.1) is 11.3 Å². The Kier molecular flexibility index (Phi) is 1.31. The summed E-state index contributed by atoms with van der Waals surface area (Å²) in [6.07, 6.45) is 7.79. The molecule has 3 nitrogen and oxygen atoms in total. The van der Waals surface area contributed by atoms with Gasteiger partial charge in [0.15, 0.2) is 11.5 Å². The SMILES string of the molecule is C1=CC(c2ncc3scnc3n2)=C1. The van der Waals surface area contributed by atoms with Crippen LogP contribution in [0.15, 0.2) is 29.9 Å². The topological polar surface area (TPSA) is 38.7 Å². The van der Waals surface area contributed by atoms with Gasteiger partial charge in [-0.05, 0) is 0 Å². The van der Waals surface area contributed by atoms with E-state index in [1.165, 1.54) is 0 Å². The van der Waals surface area contributed by atoms with Gasteiger partial charge in [-0.1, -0.05) is 18.2 Å². The lowest BCUT2D eigenvalue weighted by Gasteiger charge is -2.03. The van der Waals surface area contributed by atoms with E-state index in [4.69, 9.17) is 0 Å². The molecule has 0 N–H and O–H groups in total. The van der Waals surface area contributed by atoms with Gasteiger partial charge >= 0.3 is 0 Å². The van der Waals surface area contributed by atoms with Crippen LogP contribution in [0.4, 0.5) is 0 Å². The molecule has 4 heteroatoms. The maximum absolute atomic E-state index is 4.33. The average molecular weight is 187 g/mol. The monoisotopic (exact) mass is 187 g/mol. The van der Waals surface area contributed by atoms with Gasteiger partial charge in [0.25, 0.3) is 0 Å². The molecule has 1 aliphatic carbocycles. The number of fused-ring (bicyclic) bond motifs is 1. The minimum absolute atomic E-state index is 0.765. The van der Waals surface area contributed by atoms with Crippen molar-refractivity contribution in [1.29, 1.82) is 0 Å². The van der Waals surface area contributed by atoms with Gasteiger partial charge in [0.05, 0.1) is 16.4 Å². The van der Waals surface area contributed by atoms with E-state index in [9.17, 15) is 0 Å². The molecule has 0 atom stereocenters. The minimum atomic E-state index is 0.765.